The maximum atomic E-state index is 11.1. The zero-order valence-corrected chi connectivity index (χ0v) is 12.3. The van der Waals surface area contributed by atoms with E-state index in [9.17, 15) is 4.79 Å². The number of hydrogen-bond acceptors (Lipinski definition) is 5. The van der Waals surface area contributed by atoms with Gasteiger partial charge in [0.25, 0.3) is 0 Å². The number of nitriles is 1. The second-order valence-corrected chi connectivity index (χ2v) is 5.19. The Kier molecular flexibility index (Phi) is 5.71. The van der Waals surface area contributed by atoms with Gasteiger partial charge < -0.3 is 9.47 Å². The quantitative estimate of drug-likeness (QED) is 0.470. The number of aryl methyl sites for hydroxylation is 1. The number of esters is 1. The molecule has 0 atom stereocenters. The third kappa shape index (κ3) is 4.18. The number of ether oxygens (including phenoxy) is 2. The molecule has 0 N–H and O–H groups in total. The Hall–Kier alpha value is -1.67. The lowest BCUT2D eigenvalue weighted by molar-refractivity contribution is -0.142. The standard InChI is InChI=1S/C14H17NO3S/c1-9(2)11-6-12(18-7-14(16)17-4)10(3)5-13(11)19-8-15/h5-6,9H,7H2,1-4H3. The highest BCUT2D eigenvalue weighted by atomic mass is 32.2. The van der Waals surface area contributed by atoms with Gasteiger partial charge in [0.15, 0.2) is 6.61 Å². The number of benzene rings is 1. The van der Waals surface area contributed by atoms with E-state index >= 15 is 0 Å². The molecule has 0 spiro atoms. The molecule has 4 nitrogen and oxygen atoms in total. The average molecular weight is 279 g/mol. The van der Waals surface area contributed by atoms with E-state index in [4.69, 9.17) is 10.00 Å². The number of carbonyl (C=O) groups is 1. The Labute approximate surface area is 117 Å². The van der Waals surface area contributed by atoms with Crippen LogP contribution in [0.2, 0.25) is 0 Å². The van der Waals surface area contributed by atoms with Crippen LogP contribution in [0.5, 0.6) is 5.75 Å². The molecule has 0 aliphatic carbocycles. The van der Waals surface area contributed by atoms with E-state index in [0.29, 0.717) is 5.75 Å². The van der Waals surface area contributed by atoms with Gasteiger partial charge in [-0.2, -0.15) is 5.26 Å². The van der Waals surface area contributed by atoms with E-state index < -0.39 is 5.97 Å². The summed E-state index contributed by atoms with van der Waals surface area (Å²) in [5.74, 6) is 0.509. The zero-order valence-electron chi connectivity index (χ0n) is 11.5. The molecule has 0 saturated heterocycles. The van der Waals surface area contributed by atoms with E-state index in [-0.39, 0.29) is 12.5 Å². The third-order valence-electron chi connectivity index (χ3n) is 2.66. The van der Waals surface area contributed by atoms with Crippen molar-refractivity contribution in [2.75, 3.05) is 13.7 Å². The molecule has 19 heavy (non-hydrogen) atoms. The molecule has 0 bridgehead atoms. The predicted octanol–water partition coefficient (Wildman–Crippen LogP) is 3.24. The molecule has 1 aromatic rings. The molecule has 0 aliphatic rings. The van der Waals surface area contributed by atoms with Crippen LogP contribution in [0.3, 0.4) is 0 Å². The fraction of sp³-hybridized carbons (Fsp3) is 0.429. The lowest BCUT2D eigenvalue weighted by atomic mass is 10.0. The van der Waals surface area contributed by atoms with Crippen LogP contribution in [-0.4, -0.2) is 19.7 Å². The van der Waals surface area contributed by atoms with E-state index in [2.05, 4.69) is 24.0 Å². The maximum Gasteiger partial charge on any atom is 0.343 e. The van der Waals surface area contributed by atoms with Crippen molar-refractivity contribution in [1.29, 1.82) is 5.26 Å². The van der Waals surface area contributed by atoms with E-state index in [0.717, 1.165) is 27.8 Å². The molecule has 1 rings (SSSR count). The molecular weight excluding hydrogens is 262 g/mol. The van der Waals surface area contributed by atoms with Gasteiger partial charge in [0.2, 0.25) is 0 Å². The summed E-state index contributed by atoms with van der Waals surface area (Å²) in [4.78, 5) is 12.0. The summed E-state index contributed by atoms with van der Waals surface area (Å²) < 4.78 is 9.99. The summed E-state index contributed by atoms with van der Waals surface area (Å²) in [6.45, 7) is 5.88. The molecule has 1 aromatic carbocycles. The van der Waals surface area contributed by atoms with Crippen LogP contribution in [0.4, 0.5) is 0 Å². The minimum Gasteiger partial charge on any atom is -0.482 e. The lowest BCUT2D eigenvalue weighted by Crippen LogP contribution is -2.13. The number of nitrogens with zero attached hydrogens (tertiary/aromatic N) is 1. The molecule has 5 heteroatoms. The molecule has 0 saturated carbocycles. The first-order valence-electron chi connectivity index (χ1n) is 5.89. The highest BCUT2D eigenvalue weighted by Crippen LogP contribution is 2.33. The maximum absolute atomic E-state index is 11.1. The Morgan fingerprint density at radius 2 is 2.16 bits per heavy atom. The van der Waals surface area contributed by atoms with Crippen molar-refractivity contribution in [3.63, 3.8) is 0 Å². The van der Waals surface area contributed by atoms with Gasteiger partial charge in [-0.05, 0) is 47.9 Å². The predicted molar refractivity (Wildman–Crippen MR) is 74.2 cm³/mol. The van der Waals surface area contributed by atoms with Crippen molar-refractivity contribution < 1.29 is 14.3 Å². The first-order chi connectivity index (χ1) is 8.99. The van der Waals surface area contributed by atoms with Gasteiger partial charge in [-0.3, -0.25) is 0 Å². The molecule has 0 unspecified atom stereocenters. The monoisotopic (exact) mass is 279 g/mol. The van der Waals surface area contributed by atoms with Gasteiger partial charge in [0.1, 0.15) is 11.2 Å². The minimum atomic E-state index is -0.416. The molecular formula is C14H17NO3S. The average Bonchev–Trinajstić information content (AvgIpc) is 2.37. The van der Waals surface area contributed by atoms with Crippen molar-refractivity contribution in [3.8, 4) is 11.2 Å². The van der Waals surface area contributed by atoms with Crippen LogP contribution in [-0.2, 0) is 9.53 Å². The van der Waals surface area contributed by atoms with E-state index in [1.807, 2.05) is 19.1 Å². The second-order valence-electron chi connectivity index (χ2n) is 4.37. The van der Waals surface area contributed by atoms with Gasteiger partial charge >= 0.3 is 5.97 Å². The number of methoxy groups -OCH3 is 1. The van der Waals surface area contributed by atoms with Crippen molar-refractivity contribution in [3.05, 3.63) is 23.3 Å². The highest BCUT2D eigenvalue weighted by Gasteiger charge is 2.13. The second kappa shape index (κ2) is 7.05. The summed E-state index contributed by atoms with van der Waals surface area (Å²) in [7, 11) is 1.32. The number of thiocyanates is 1. The topological polar surface area (TPSA) is 59.3 Å². The fourth-order valence-electron chi connectivity index (χ4n) is 1.62. The molecule has 0 aliphatic heterocycles. The van der Waals surface area contributed by atoms with Crippen LogP contribution in [0.1, 0.15) is 30.9 Å². The SMILES string of the molecule is COC(=O)COc1cc(C(C)C)c(SC#N)cc1C. The molecule has 0 aromatic heterocycles. The van der Waals surface area contributed by atoms with Crippen molar-refractivity contribution in [1.82, 2.24) is 0 Å². The van der Waals surface area contributed by atoms with Crippen LogP contribution >= 0.6 is 11.8 Å². The van der Waals surface area contributed by atoms with E-state index in [1.165, 1.54) is 7.11 Å². The van der Waals surface area contributed by atoms with Gasteiger partial charge in [-0.25, -0.2) is 4.79 Å². The van der Waals surface area contributed by atoms with Crippen LogP contribution in [0.25, 0.3) is 0 Å². The normalized spacial score (nSPS) is 10.1. The zero-order chi connectivity index (χ0) is 14.4. The third-order valence-corrected chi connectivity index (χ3v) is 3.32. The Morgan fingerprint density at radius 3 is 2.68 bits per heavy atom. The van der Waals surface area contributed by atoms with Crippen LogP contribution in [0.15, 0.2) is 17.0 Å². The summed E-state index contributed by atoms with van der Waals surface area (Å²) >= 11 is 1.14. The summed E-state index contributed by atoms with van der Waals surface area (Å²) in [5.41, 5.74) is 1.93. The van der Waals surface area contributed by atoms with Crippen molar-refractivity contribution in [2.45, 2.75) is 31.6 Å². The molecule has 0 amide bonds. The van der Waals surface area contributed by atoms with Crippen molar-refractivity contribution in [2.24, 2.45) is 0 Å². The van der Waals surface area contributed by atoms with Gasteiger partial charge in [-0.1, -0.05) is 13.8 Å². The summed E-state index contributed by atoms with van der Waals surface area (Å²) in [5, 5.41) is 10.9. The highest BCUT2D eigenvalue weighted by molar-refractivity contribution is 8.03. The Bertz CT molecular complexity index is 506. The number of carbonyl (C=O) groups excluding carboxylic acids is 1. The van der Waals surface area contributed by atoms with Crippen molar-refractivity contribution >= 4 is 17.7 Å². The number of hydrogen-bond donors (Lipinski definition) is 0. The van der Waals surface area contributed by atoms with Gasteiger partial charge in [0, 0.05) is 4.90 Å². The molecule has 0 radical (unpaired) electrons. The first-order valence-corrected chi connectivity index (χ1v) is 6.71. The van der Waals surface area contributed by atoms with Crippen LogP contribution in [0, 0.1) is 17.6 Å². The molecule has 0 heterocycles. The van der Waals surface area contributed by atoms with Crippen LogP contribution < -0.4 is 4.74 Å². The number of rotatable bonds is 5. The molecule has 0 fully saturated rings. The minimum absolute atomic E-state index is 0.111. The van der Waals surface area contributed by atoms with Gasteiger partial charge in [-0.15, -0.1) is 0 Å². The van der Waals surface area contributed by atoms with Gasteiger partial charge in [0.05, 0.1) is 7.11 Å². The first kappa shape index (κ1) is 15.4. The van der Waals surface area contributed by atoms with E-state index in [1.54, 1.807) is 0 Å². The molecule has 102 valence electrons. The summed E-state index contributed by atoms with van der Waals surface area (Å²) in [6.07, 6.45) is 0. The summed E-state index contributed by atoms with van der Waals surface area (Å²) in [6, 6.07) is 3.80. The largest absolute Gasteiger partial charge is 0.482 e. The number of thioether (sulfide) groups is 1. The smallest absolute Gasteiger partial charge is 0.343 e. The fourth-order valence-corrected chi connectivity index (χ4v) is 2.36. The Balaban J connectivity index is 3.03. The lowest BCUT2D eigenvalue weighted by Gasteiger charge is -2.15. The Morgan fingerprint density at radius 1 is 1.47 bits per heavy atom.